The molecule has 3 amide bonds. The van der Waals surface area contributed by atoms with Crippen molar-refractivity contribution in [3.63, 3.8) is 0 Å². The number of hydroxylamine groups is 1. The molecule has 0 radical (unpaired) electrons. The Morgan fingerprint density at radius 1 is 1.32 bits per heavy atom. The molecule has 1 aromatic carbocycles. The number of hydrogen-bond acceptors (Lipinski definition) is 4. The van der Waals surface area contributed by atoms with Gasteiger partial charge in [-0.1, -0.05) is 17.7 Å². The average molecular weight is 267 g/mol. The smallest absolute Gasteiger partial charge is 0.340 e. The highest BCUT2D eigenvalue weighted by Gasteiger charge is 2.15. The minimum atomic E-state index is -0.899. The lowest BCUT2D eigenvalue weighted by atomic mass is 10.2. The van der Waals surface area contributed by atoms with Gasteiger partial charge >= 0.3 is 6.03 Å². The van der Waals surface area contributed by atoms with E-state index in [2.05, 4.69) is 5.32 Å². The third kappa shape index (κ3) is 5.36. The van der Waals surface area contributed by atoms with Crippen molar-refractivity contribution in [1.82, 2.24) is 10.6 Å². The third-order valence-corrected chi connectivity index (χ3v) is 2.22. The van der Waals surface area contributed by atoms with E-state index in [1.54, 1.807) is 12.1 Å². The van der Waals surface area contributed by atoms with E-state index < -0.39 is 18.0 Å². The average Bonchev–Trinajstić information content (AvgIpc) is 2.31. The fourth-order valence-electron chi connectivity index (χ4n) is 1.29. The summed E-state index contributed by atoms with van der Waals surface area (Å²) in [4.78, 5) is 22.7. The van der Waals surface area contributed by atoms with Gasteiger partial charge in [0.25, 0.3) is 5.91 Å². The maximum Gasteiger partial charge on any atom is 0.340 e. The Labute approximate surface area is 110 Å². The minimum absolute atomic E-state index is 0.0518. The second-order valence-corrected chi connectivity index (χ2v) is 4.19. The van der Waals surface area contributed by atoms with Gasteiger partial charge in [-0.05, 0) is 26.0 Å². The van der Waals surface area contributed by atoms with Gasteiger partial charge < -0.3 is 10.4 Å². The standard InChI is InChI=1S/C12H17N3O4/c1-8-3-5-10(6-4-8)13-12(18)14-15(19)11(17)7-9(2)16/h3-6,9,16,19H,7H2,1-2H3,(H2,13,14,18). The normalized spacial score (nSPS) is 11.6. The van der Waals surface area contributed by atoms with Gasteiger partial charge in [-0.2, -0.15) is 0 Å². The van der Waals surface area contributed by atoms with Crippen LogP contribution >= 0.6 is 0 Å². The Balaban J connectivity index is 2.46. The molecule has 0 fully saturated rings. The van der Waals surface area contributed by atoms with E-state index in [-0.39, 0.29) is 11.6 Å². The van der Waals surface area contributed by atoms with Gasteiger partial charge in [0.2, 0.25) is 0 Å². The second-order valence-electron chi connectivity index (χ2n) is 4.19. The van der Waals surface area contributed by atoms with Crippen LogP contribution in [0.1, 0.15) is 18.9 Å². The lowest BCUT2D eigenvalue weighted by Gasteiger charge is -2.16. The topological polar surface area (TPSA) is 102 Å². The highest BCUT2D eigenvalue weighted by atomic mass is 16.6. The zero-order chi connectivity index (χ0) is 14.4. The van der Waals surface area contributed by atoms with E-state index in [0.29, 0.717) is 5.69 Å². The maximum atomic E-state index is 11.5. The Morgan fingerprint density at radius 2 is 1.89 bits per heavy atom. The number of anilines is 1. The Bertz CT molecular complexity index is 445. The van der Waals surface area contributed by atoms with Crippen LogP contribution < -0.4 is 10.7 Å². The first-order valence-electron chi connectivity index (χ1n) is 5.72. The summed E-state index contributed by atoms with van der Waals surface area (Å²) in [6.45, 7) is 3.31. The van der Waals surface area contributed by atoms with Crippen LogP contribution in [0.25, 0.3) is 0 Å². The van der Waals surface area contributed by atoms with E-state index in [9.17, 15) is 14.8 Å². The molecule has 4 N–H and O–H groups in total. The number of carbonyl (C=O) groups is 2. The maximum absolute atomic E-state index is 11.5. The van der Waals surface area contributed by atoms with Crippen molar-refractivity contribution in [2.24, 2.45) is 0 Å². The predicted octanol–water partition coefficient (Wildman–Crippen LogP) is 1.02. The monoisotopic (exact) mass is 267 g/mol. The molecule has 7 nitrogen and oxygen atoms in total. The van der Waals surface area contributed by atoms with Crippen molar-refractivity contribution in [3.05, 3.63) is 29.8 Å². The van der Waals surface area contributed by atoms with Crippen molar-refractivity contribution in [2.45, 2.75) is 26.4 Å². The molecule has 1 atom stereocenters. The molecule has 104 valence electrons. The van der Waals surface area contributed by atoms with Crippen molar-refractivity contribution in [1.29, 1.82) is 0 Å². The molecular formula is C12H17N3O4. The summed E-state index contributed by atoms with van der Waals surface area (Å²) < 4.78 is 0. The summed E-state index contributed by atoms with van der Waals surface area (Å²) in [5.74, 6) is -0.811. The van der Waals surface area contributed by atoms with Gasteiger partial charge in [0.1, 0.15) is 0 Å². The van der Waals surface area contributed by atoms with E-state index >= 15 is 0 Å². The van der Waals surface area contributed by atoms with E-state index in [1.807, 2.05) is 24.5 Å². The molecule has 1 unspecified atom stereocenters. The van der Waals surface area contributed by atoms with E-state index in [1.165, 1.54) is 6.92 Å². The number of nitrogens with one attached hydrogen (secondary N) is 2. The largest absolute Gasteiger partial charge is 0.393 e. The summed E-state index contributed by atoms with van der Waals surface area (Å²) >= 11 is 0. The summed E-state index contributed by atoms with van der Waals surface area (Å²) in [7, 11) is 0. The van der Waals surface area contributed by atoms with Gasteiger partial charge in [0, 0.05) is 5.69 Å². The van der Waals surface area contributed by atoms with Gasteiger partial charge in [0.05, 0.1) is 12.5 Å². The molecule has 0 aliphatic rings. The van der Waals surface area contributed by atoms with Crippen LogP contribution in [-0.4, -0.2) is 33.5 Å². The molecular weight excluding hydrogens is 250 g/mol. The Kier molecular flexibility index (Phi) is 5.28. The van der Waals surface area contributed by atoms with Gasteiger partial charge in [-0.3, -0.25) is 10.0 Å². The number of rotatable bonds is 3. The SMILES string of the molecule is Cc1ccc(NC(=O)NN(O)C(=O)CC(C)O)cc1. The van der Waals surface area contributed by atoms with E-state index in [0.717, 1.165) is 5.56 Å². The summed E-state index contributed by atoms with van der Waals surface area (Å²) in [5, 5.41) is 20.7. The fraction of sp³-hybridized carbons (Fsp3) is 0.333. The third-order valence-electron chi connectivity index (χ3n) is 2.22. The lowest BCUT2D eigenvalue weighted by Crippen LogP contribution is -2.46. The fourth-order valence-corrected chi connectivity index (χ4v) is 1.29. The Hall–Kier alpha value is -2.12. The number of aryl methyl sites for hydroxylation is 1. The number of benzene rings is 1. The molecule has 1 rings (SSSR count). The van der Waals surface area contributed by atoms with Gasteiger partial charge in [0.15, 0.2) is 0 Å². The number of nitrogens with zero attached hydrogens (tertiary/aromatic N) is 1. The molecule has 0 saturated carbocycles. The summed E-state index contributed by atoms with van der Waals surface area (Å²) in [5.41, 5.74) is 3.50. The van der Waals surface area contributed by atoms with Crippen LogP contribution in [0, 0.1) is 6.92 Å². The molecule has 1 aromatic rings. The highest BCUT2D eigenvalue weighted by Crippen LogP contribution is 2.08. The molecule has 0 heterocycles. The van der Waals surface area contributed by atoms with Crippen molar-refractivity contribution in [2.75, 3.05) is 5.32 Å². The molecule has 0 spiro atoms. The number of urea groups is 1. The van der Waals surface area contributed by atoms with Crippen LogP contribution in [0.3, 0.4) is 0 Å². The molecule has 0 bridgehead atoms. The number of carbonyl (C=O) groups excluding carboxylic acids is 2. The van der Waals surface area contributed by atoms with Crippen molar-refractivity contribution < 1.29 is 19.9 Å². The number of aliphatic hydroxyl groups is 1. The zero-order valence-electron chi connectivity index (χ0n) is 10.8. The molecule has 0 aliphatic heterocycles. The first-order chi connectivity index (χ1) is 8.88. The predicted molar refractivity (Wildman–Crippen MR) is 68.3 cm³/mol. The lowest BCUT2D eigenvalue weighted by molar-refractivity contribution is -0.176. The molecule has 0 aromatic heterocycles. The molecule has 19 heavy (non-hydrogen) atoms. The van der Waals surface area contributed by atoms with E-state index in [4.69, 9.17) is 5.11 Å². The van der Waals surface area contributed by atoms with Crippen LogP contribution in [0.15, 0.2) is 24.3 Å². The summed E-state index contributed by atoms with van der Waals surface area (Å²) in [6.07, 6.45) is -1.19. The number of hydrogen-bond donors (Lipinski definition) is 4. The number of amides is 3. The first kappa shape index (κ1) is 14.9. The Morgan fingerprint density at radius 3 is 2.42 bits per heavy atom. The zero-order valence-corrected chi connectivity index (χ0v) is 10.8. The van der Waals surface area contributed by atoms with Crippen molar-refractivity contribution in [3.8, 4) is 0 Å². The van der Waals surface area contributed by atoms with Gasteiger partial charge in [-0.15, -0.1) is 5.17 Å². The highest BCUT2D eigenvalue weighted by molar-refractivity contribution is 5.90. The quantitative estimate of drug-likeness (QED) is 0.485. The van der Waals surface area contributed by atoms with Crippen LogP contribution in [0.2, 0.25) is 0 Å². The number of hydrazine groups is 1. The minimum Gasteiger partial charge on any atom is -0.393 e. The second kappa shape index (κ2) is 6.72. The van der Waals surface area contributed by atoms with Crippen molar-refractivity contribution >= 4 is 17.6 Å². The first-order valence-corrected chi connectivity index (χ1v) is 5.72. The molecule has 7 heteroatoms. The van der Waals surface area contributed by atoms with Crippen LogP contribution in [-0.2, 0) is 4.79 Å². The van der Waals surface area contributed by atoms with Crippen LogP contribution in [0.5, 0.6) is 0 Å². The number of aliphatic hydroxyl groups excluding tert-OH is 1. The molecule has 0 saturated heterocycles. The molecule has 0 aliphatic carbocycles. The summed E-state index contributed by atoms with van der Waals surface area (Å²) in [6, 6.07) is 6.24. The van der Waals surface area contributed by atoms with Gasteiger partial charge in [-0.25, -0.2) is 10.2 Å². The van der Waals surface area contributed by atoms with Crippen LogP contribution in [0.4, 0.5) is 10.5 Å².